The molecular formula is C9H12Si. The molecule has 1 fully saturated rings. The second kappa shape index (κ2) is 2.58. The molecule has 1 heteroatoms. The summed E-state index contributed by atoms with van der Waals surface area (Å²) in [7, 11) is -0.359. The van der Waals surface area contributed by atoms with Crippen LogP contribution in [0.1, 0.15) is 6.42 Å². The number of hydrogen-bond acceptors (Lipinski definition) is 0. The summed E-state index contributed by atoms with van der Waals surface area (Å²) in [4.78, 5) is 0. The van der Waals surface area contributed by atoms with Crippen molar-refractivity contribution in [2.75, 3.05) is 0 Å². The van der Waals surface area contributed by atoms with Crippen LogP contribution in [0.5, 0.6) is 0 Å². The molecule has 0 saturated carbocycles. The SMILES string of the molecule is c1ccc([SiH]2CCC2)cc1. The molecule has 0 atom stereocenters. The number of hydrogen-bond donors (Lipinski definition) is 0. The van der Waals surface area contributed by atoms with Crippen molar-refractivity contribution in [1.29, 1.82) is 0 Å². The fourth-order valence-corrected chi connectivity index (χ4v) is 3.72. The quantitative estimate of drug-likeness (QED) is 0.530. The van der Waals surface area contributed by atoms with Crippen LogP contribution in [0.3, 0.4) is 0 Å². The third-order valence-corrected chi connectivity index (χ3v) is 5.91. The van der Waals surface area contributed by atoms with E-state index in [-0.39, 0.29) is 8.80 Å². The maximum absolute atomic E-state index is 2.30. The second-order valence-corrected chi connectivity index (χ2v) is 6.25. The standard InChI is InChI=1S/C9H12Si/c1-2-5-9(6-3-1)10-7-4-8-10/h1-3,5-6,10H,4,7-8H2. The monoisotopic (exact) mass is 148 g/mol. The maximum atomic E-state index is 2.30. The molecule has 0 amide bonds. The third-order valence-electron chi connectivity index (χ3n) is 2.38. The average molecular weight is 148 g/mol. The Hall–Kier alpha value is -0.563. The summed E-state index contributed by atoms with van der Waals surface area (Å²) in [6, 6.07) is 14.1. The van der Waals surface area contributed by atoms with E-state index in [9.17, 15) is 0 Å². The van der Waals surface area contributed by atoms with E-state index in [2.05, 4.69) is 30.3 Å². The maximum Gasteiger partial charge on any atom is 0.0708 e. The van der Waals surface area contributed by atoms with E-state index in [1.165, 1.54) is 6.42 Å². The molecule has 0 aromatic heterocycles. The Morgan fingerprint density at radius 3 is 2.20 bits per heavy atom. The zero-order valence-corrected chi connectivity index (χ0v) is 7.24. The fourth-order valence-electron chi connectivity index (χ4n) is 1.47. The van der Waals surface area contributed by atoms with Crippen molar-refractivity contribution in [2.45, 2.75) is 18.5 Å². The van der Waals surface area contributed by atoms with Crippen molar-refractivity contribution in [2.24, 2.45) is 0 Å². The van der Waals surface area contributed by atoms with Gasteiger partial charge in [0.15, 0.2) is 0 Å². The highest BCUT2D eigenvalue weighted by atomic mass is 28.3. The van der Waals surface area contributed by atoms with Gasteiger partial charge < -0.3 is 0 Å². The van der Waals surface area contributed by atoms with Gasteiger partial charge in [0.1, 0.15) is 0 Å². The summed E-state index contributed by atoms with van der Waals surface area (Å²) in [6.07, 6.45) is 1.49. The minimum atomic E-state index is -0.359. The van der Waals surface area contributed by atoms with Crippen LogP contribution in [-0.4, -0.2) is 8.80 Å². The number of rotatable bonds is 1. The normalized spacial score (nSPS) is 18.4. The third kappa shape index (κ3) is 1.01. The van der Waals surface area contributed by atoms with Crippen LogP contribution in [-0.2, 0) is 0 Å². The molecule has 0 aliphatic carbocycles. The molecule has 0 N–H and O–H groups in total. The van der Waals surface area contributed by atoms with Gasteiger partial charge in [0.2, 0.25) is 0 Å². The van der Waals surface area contributed by atoms with E-state index >= 15 is 0 Å². The summed E-state index contributed by atoms with van der Waals surface area (Å²) in [5, 5.41) is 1.67. The highest BCUT2D eigenvalue weighted by Gasteiger charge is 2.20. The van der Waals surface area contributed by atoms with Crippen molar-refractivity contribution >= 4 is 14.0 Å². The first kappa shape index (κ1) is 6.17. The second-order valence-electron chi connectivity index (χ2n) is 3.04. The molecule has 1 aromatic rings. The van der Waals surface area contributed by atoms with Crippen LogP contribution in [0.25, 0.3) is 0 Å². The predicted octanol–water partition coefficient (Wildman–Crippen LogP) is 1.52. The molecule has 10 heavy (non-hydrogen) atoms. The molecule has 0 unspecified atom stereocenters. The van der Waals surface area contributed by atoms with Gasteiger partial charge in [-0.25, -0.2) is 0 Å². The van der Waals surface area contributed by atoms with Gasteiger partial charge >= 0.3 is 0 Å². The molecule has 1 aliphatic rings. The van der Waals surface area contributed by atoms with E-state index in [4.69, 9.17) is 0 Å². The molecule has 1 aromatic carbocycles. The van der Waals surface area contributed by atoms with Crippen LogP contribution < -0.4 is 5.19 Å². The first-order valence-corrected chi connectivity index (χ1v) is 6.23. The highest BCUT2D eigenvalue weighted by molar-refractivity contribution is 6.75. The molecule has 1 aliphatic heterocycles. The Balaban J connectivity index is 2.18. The minimum absolute atomic E-state index is 0.359. The average Bonchev–Trinajstić information content (AvgIpc) is 1.86. The fraction of sp³-hybridized carbons (Fsp3) is 0.333. The Labute approximate surface area is 63.5 Å². The molecule has 0 nitrogen and oxygen atoms in total. The topological polar surface area (TPSA) is 0 Å². The lowest BCUT2D eigenvalue weighted by Crippen LogP contribution is -2.35. The molecular weight excluding hydrogens is 136 g/mol. The Morgan fingerprint density at radius 1 is 1.00 bits per heavy atom. The Bertz CT molecular complexity index is 201. The molecule has 0 radical (unpaired) electrons. The Morgan fingerprint density at radius 2 is 1.70 bits per heavy atom. The largest absolute Gasteiger partial charge is 0.0708 e. The van der Waals surface area contributed by atoms with Gasteiger partial charge in [-0.15, -0.1) is 0 Å². The van der Waals surface area contributed by atoms with Crippen molar-refractivity contribution < 1.29 is 0 Å². The van der Waals surface area contributed by atoms with Crippen LogP contribution in [0, 0.1) is 0 Å². The van der Waals surface area contributed by atoms with Crippen molar-refractivity contribution in [1.82, 2.24) is 0 Å². The van der Waals surface area contributed by atoms with Crippen LogP contribution in [0.15, 0.2) is 30.3 Å². The smallest absolute Gasteiger partial charge is 0.0633 e. The lowest BCUT2D eigenvalue weighted by Gasteiger charge is -2.23. The zero-order valence-electron chi connectivity index (χ0n) is 6.09. The van der Waals surface area contributed by atoms with E-state index < -0.39 is 0 Å². The summed E-state index contributed by atoms with van der Waals surface area (Å²) in [5.74, 6) is 0. The summed E-state index contributed by atoms with van der Waals surface area (Å²) in [6.45, 7) is 0. The van der Waals surface area contributed by atoms with Gasteiger partial charge in [-0.05, 0) is 0 Å². The lowest BCUT2D eigenvalue weighted by molar-refractivity contribution is 0.951. The number of benzene rings is 1. The minimum Gasteiger partial charge on any atom is -0.0633 e. The summed E-state index contributed by atoms with van der Waals surface area (Å²) in [5.41, 5.74) is 0. The first-order valence-electron chi connectivity index (χ1n) is 4.02. The van der Waals surface area contributed by atoms with Gasteiger partial charge in [-0.3, -0.25) is 0 Å². The predicted molar refractivity (Wildman–Crippen MR) is 47.5 cm³/mol. The zero-order chi connectivity index (χ0) is 6.81. The van der Waals surface area contributed by atoms with Crippen molar-refractivity contribution in [3.8, 4) is 0 Å². The van der Waals surface area contributed by atoms with Gasteiger partial charge in [0.05, 0.1) is 8.80 Å². The van der Waals surface area contributed by atoms with Crippen LogP contribution in [0.2, 0.25) is 12.1 Å². The van der Waals surface area contributed by atoms with E-state index in [0.717, 1.165) is 0 Å². The summed E-state index contributed by atoms with van der Waals surface area (Å²) >= 11 is 0. The van der Waals surface area contributed by atoms with Crippen molar-refractivity contribution in [3.05, 3.63) is 30.3 Å². The van der Waals surface area contributed by atoms with Gasteiger partial charge in [0.25, 0.3) is 0 Å². The molecule has 52 valence electrons. The van der Waals surface area contributed by atoms with E-state index in [1.807, 2.05) is 0 Å². The molecule has 0 bridgehead atoms. The van der Waals surface area contributed by atoms with E-state index in [0.29, 0.717) is 0 Å². The van der Waals surface area contributed by atoms with Crippen molar-refractivity contribution in [3.63, 3.8) is 0 Å². The van der Waals surface area contributed by atoms with Crippen LogP contribution in [0.4, 0.5) is 0 Å². The summed E-state index contributed by atoms with van der Waals surface area (Å²) < 4.78 is 0. The lowest BCUT2D eigenvalue weighted by atomic mass is 10.4. The van der Waals surface area contributed by atoms with E-state index in [1.54, 1.807) is 17.3 Å². The van der Waals surface area contributed by atoms with Gasteiger partial charge in [0, 0.05) is 0 Å². The van der Waals surface area contributed by atoms with Gasteiger partial charge in [-0.1, -0.05) is 54.0 Å². The Kier molecular flexibility index (Phi) is 1.59. The van der Waals surface area contributed by atoms with Crippen LogP contribution >= 0.6 is 0 Å². The highest BCUT2D eigenvalue weighted by Crippen LogP contribution is 2.19. The molecule has 1 heterocycles. The molecule has 2 rings (SSSR count). The first-order chi connectivity index (χ1) is 4.97. The molecule has 0 spiro atoms. The van der Waals surface area contributed by atoms with Gasteiger partial charge in [-0.2, -0.15) is 0 Å². The molecule has 1 saturated heterocycles.